The Kier molecular flexibility index (Phi) is 10.1. The van der Waals surface area contributed by atoms with Crippen molar-refractivity contribution in [2.75, 3.05) is 26.2 Å². The van der Waals surface area contributed by atoms with Crippen molar-refractivity contribution in [1.82, 2.24) is 20.9 Å². The summed E-state index contributed by atoms with van der Waals surface area (Å²) < 4.78 is 13.5. The molecule has 162 valence electrons. The summed E-state index contributed by atoms with van der Waals surface area (Å²) in [6.07, 6.45) is 3.44. The number of aromatic amines is 1. The predicted molar refractivity (Wildman–Crippen MR) is 133 cm³/mol. The Hall–Kier alpha value is -2.14. The molecule has 0 aliphatic heterocycles. The van der Waals surface area contributed by atoms with Crippen molar-refractivity contribution in [3.8, 4) is 0 Å². The Balaban J connectivity index is 0.00000320. The molecule has 1 aromatic carbocycles. The SMILES string of the molecule is CCNC(=NCCCNC(=O)c1cccs1)NCCc1c[nH]c2ccc(F)cc12.I. The number of carbonyl (C=O) groups excluding carboxylic acids is 1. The Morgan fingerprint density at radius 1 is 1.20 bits per heavy atom. The first kappa shape index (κ1) is 24.1. The Labute approximate surface area is 196 Å². The van der Waals surface area contributed by atoms with E-state index in [2.05, 4.69) is 25.9 Å². The molecule has 9 heteroatoms. The molecular formula is C21H27FIN5OS. The number of rotatable bonds is 9. The van der Waals surface area contributed by atoms with Crippen molar-refractivity contribution in [3.63, 3.8) is 0 Å². The smallest absolute Gasteiger partial charge is 0.261 e. The van der Waals surface area contributed by atoms with Crippen LogP contribution in [0.1, 0.15) is 28.6 Å². The average molecular weight is 543 g/mol. The molecular weight excluding hydrogens is 516 g/mol. The van der Waals surface area contributed by atoms with E-state index in [0.717, 1.165) is 46.7 Å². The van der Waals surface area contributed by atoms with E-state index >= 15 is 0 Å². The summed E-state index contributed by atoms with van der Waals surface area (Å²) in [7, 11) is 0. The lowest BCUT2D eigenvalue weighted by molar-refractivity contribution is 0.0957. The van der Waals surface area contributed by atoms with E-state index in [-0.39, 0.29) is 35.7 Å². The van der Waals surface area contributed by atoms with Crippen molar-refractivity contribution in [2.24, 2.45) is 4.99 Å². The fourth-order valence-electron chi connectivity index (χ4n) is 2.98. The number of amides is 1. The van der Waals surface area contributed by atoms with Crippen molar-refractivity contribution in [3.05, 3.63) is 58.2 Å². The van der Waals surface area contributed by atoms with Crippen LogP contribution in [0.5, 0.6) is 0 Å². The van der Waals surface area contributed by atoms with E-state index in [9.17, 15) is 9.18 Å². The Morgan fingerprint density at radius 2 is 2.07 bits per heavy atom. The quantitative estimate of drug-likeness (QED) is 0.143. The van der Waals surface area contributed by atoms with Crippen LogP contribution in [-0.2, 0) is 6.42 Å². The number of carbonyl (C=O) groups is 1. The minimum Gasteiger partial charge on any atom is -0.361 e. The number of fused-ring (bicyclic) bond motifs is 1. The number of nitrogens with one attached hydrogen (secondary N) is 4. The maximum atomic E-state index is 13.5. The van der Waals surface area contributed by atoms with Crippen molar-refractivity contribution >= 4 is 58.1 Å². The lowest BCUT2D eigenvalue weighted by atomic mass is 10.1. The first-order valence-electron chi connectivity index (χ1n) is 9.76. The third kappa shape index (κ3) is 6.98. The molecule has 2 heterocycles. The summed E-state index contributed by atoms with van der Waals surface area (Å²) in [6.45, 7) is 4.66. The number of benzene rings is 1. The summed E-state index contributed by atoms with van der Waals surface area (Å²) in [5.74, 6) is 0.472. The second kappa shape index (κ2) is 12.5. The predicted octanol–water partition coefficient (Wildman–Crippen LogP) is 3.90. The van der Waals surface area contributed by atoms with Crippen LogP contribution in [0.15, 0.2) is 46.9 Å². The molecule has 0 radical (unpaired) electrons. The van der Waals surface area contributed by atoms with Gasteiger partial charge in [0.25, 0.3) is 5.91 Å². The minimum absolute atomic E-state index is 0. The monoisotopic (exact) mass is 543 g/mol. The Bertz CT molecular complexity index is 958. The number of aromatic nitrogens is 1. The number of hydrogen-bond acceptors (Lipinski definition) is 3. The molecule has 30 heavy (non-hydrogen) atoms. The van der Waals surface area contributed by atoms with Crippen LogP contribution in [0.3, 0.4) is 0 Å². The van der Waals surface area contributed by atoms with Crippen LogP contribution in [0, 0.1) is 5.82 Å². The van der Waals surface area contributed by atoms with Crippen molar-refractivity contribution in [2.45, 2.75) is 19.8 Å². The molecule has 6 nitrogen and oxygen atoms in total. The lowest BCUT2D eigenvalue weighted by Crippen LogP contribution is -2.38. The molecule has 0 fully saturated rings. The summed E-state index contributed by atoms with van der Waals surface area (Å²) in [5.41, 5.74) is 2.01. The topological polar surface area (TPSA) is 81.3 Å². The van der Waals surface area contributed by atoms with Crippen LogP contribution in [0.25, 0.3) is 10.9 Å². The summed E-state index contributed by atoms with van der Waals surface area (Å²) >= 11 is 1.43. The van der Waals surface area contributed by atoms with E-state index in [1.807, 2.05) is 30.6 Å². The Morgan fingerprint density at radius 3 is 2.83 bits per heavy atom. The molecule has 0 atom stereocenters. The minimum atomic E-state index is -0.229. The molecule has 0 aliphatic rings. The first-order chi connectivity index (χ1) is 14.2. The molecule has 2 aromatic heterocycles. The molecule has 3 rings (SSSR count). The van der Waals surface area contributed by atoms with Gasteiger partial charge >= 0.3 is 0 Å². The van der Waals surface area contributed by atoms with E-state index < -0.39 is 0 Å². The molecule has 0 bridgehead atoms. The van der Waals surface area contributed by atoms with Gasteiger partial charge in [-0.15, -0.1) is 35.3 Å². The summed E-state index contributed by atoms with van der Waals surface area (Å²) in [4.78, 5) is 20.3. The number of H-pyrrole nitrogens is 1. The van der Waals surface area contributed by atoms with Crippen LogP contribution in [0.4, 0.5) is 4.39 Å². The lowest BCUT2D eigenvalue weighted by Gasteiger charge is -2.11. The molecule has 0 spiro atoms. The van der Waals surface area contributed by atoms with Gasteiger partial charge in [-0.2, -0.15) is 0 Å². The van der Waals surface area contributed by atoms with E-state index in [4.69, 9.17) is 0 Å². The second-order valence-electron chi connectivity index (χ2n) is 6.53. The van der Waals surface area contributed by atoms with Crippen LogP contribution >= 0.6 is 35.3 Å². The molecule has 0 saturated heterocycles. The summed E-state index contributed by atoms with van der Waals surface area (Å²) in [5, 5.41) is 12.2. The maximum Gasteiger partial charge on any atom is 0.261 e. The highest BCUT2D eigenvalue weighted by Crippen LogP contribution is 2.19. The van der Waals surface area contributed by atoms with Crippen LogP contribution in [0.2, 0.25) is 0 Å². The number of aliphatic imine (C=N–C) groups is 1. The van der Waals surface area contributed by atoms with Gasteiger partial charge in [0.1, 0.15) is 5.82 Å². The van der Waals surface area contributed by atoms with Gasteiger partial charge in [0, 0.05) is 43.3 Å². The van der Waals surface area contributed by atoms with E-state index in [0.29, 0.717) is 19.6 Å². The number of thiophene rings is 1. The number of halogens is 2. The highest BCUT2D eigenvalue weighted by atomic mass is 127. The van der Waals surface area contributed by atoms with Gasteiger partial charge in [-0.25, -0.2) is 4.39 Å². The third-order valence-electron chi connectivity index (χ3n) is 4.40. The molecule has 0 aliphatic carbocycles. The van der Waals surface area contributed by atoms with Gasteiger partial charge in [0.05, 0.1) is 4.88 Å². The van der Waals surface area contributed by atoms with Gasteiger partial charge < -0.3 is 20.9 Å². The van der Waals surface area contributed by atoms with Crippen LogP contribution in [-0.4, -0.2) is 43.0 Å². The zero-order valence-electron chi connectivity index (χ0n) is 16.8. The number of guanidine groups is 1. The molecule has 0 saturated carbocycles. The number of nitrogens with zero attached hydrogens (tertiary/aromatic N) is 1. The second-order valence-corrected chi connectivity index (χ2v) is 7.48. The van der Waals surface area contributed by atoms with Crippen LogP contribution < -0.4 is 16.0 Å². The largest absolute Gasteiger partial charge is 0.361 e. The molecule has 0 unspecified atom stereocenters. The average Bonchev–Trinajstić information content (AvgIpc) is 3.38. The van der Waals surface area contributed by atoms with Gasteiger partial charge in [-0.05, 0) is 55.0 Å². The molecule has 4 N–H and O–H groups in total. The fraction of sp³-hybridized carbons (Fsp3) is 0.333. The highest BCUT2D eigenvalue weighted by Gasteiger charge is 2.06. The van der Waals surface area contributed by atoms with Gasteiger partial charge in [-0.1, -0.05) is 6.07 Å². The zero-order valence-corrected chi connectivity index (χ0v) is 20.0. The van der Waals surface area contributed by atoms with Gasteiger partial charge in [0.15, 0.2) is 5.96 Å². The van der Waals surface area contributed by atoms with Gasteiger partial charge in [0.2, 0.25) is 0 Å². The maximum absolute atomic E-state index is 13.5. The normalized spacial score (nSPS) is 11.2. The van der Waals surface area contributed by atoms with Crippen molar-refractivity contribution in [1.29, 1.82) is 0 Å². The van der Waals surface area contributed by atoms with E-state index in [1.54, 1.807) is 12.1 Å². The summed E-state index contributed by atoms with van der Waals surface area (Å²) in [6, 6.07) is 8.45. The van der Waals surface area contributed by atoms with Gasteiger partial charge in [-0.3, -0.25) is 9.79 Å². The van der Waals surface area contributed by atoms with Crippen molar-refractivity contribution < 1.29 is 9.18 Å². The standard InChI is InChI=1S/C21H26FN5OS.HI/c1-2-23-21(25-10-4-9-24-20(28)19-5-3-12-29-19)26-11-8-15-14-27-18-7-6-16(22)13-17(15)18;/h3,5-7,12-14,27H,2,4,8-11H2,1H3,(H,24,28)(H2,23,25,26);1H. The molecule has 1 amide bonds. The highest BCUT2D eigenvalue weighted by molar-refractivity contribution is 14.0. The zero-order chi connectivity index (χ0) is 20.5. The fourth-order valence-corrected chi connectivity index (χ4v) is 3.62. The first-order valence-corrected chi connectivity index (χ1v) is 10.6. The third-order valence-corrected chi connectivity index (χ3v) is 5.26. The number of hydrogen-bond donors (Lipinski definition) is 4. The van der Waals surface area contributed by atoms with E-state index in [1.165, 1.54) is 17.4 Å². The molecule has 3 aromatic rings.